The maximum atomic E-state index is 10.2. The number of aliphatic hydroxyl groups is 1. The van der Waals surface area contributed by atoms with Crippen molar-refractivity contribution < 1.29 is 15.0 Å². The summed E-state index contributed by atoms with van der Waals surface area (Å²) in [6.07, 6.45) is 0.805. The van der Waals surface area contributed by atoms with Crippen LogP contribution in [0.1, 0.15) is 6.92 Å². The first-order chi connectivity index (χ1) is 5.07. The number of nitrogens with zero attached hydrogens (tertiary/aromatic N) is 1. The lowest BCUT2D eigenvalue weighted by Crippen LogP contribution is -2.37. The molecule has 0 bridgehead atoms. The molecule has 0 spiro atoms. The molecule has 0 saturated heterocycles. The molecule has 0 aliphatic heterocycles. The minimum atomic E-state index is -0.951. The molecule has 1 unspecified atom stereocenters. The Bertz CT molecular complexity index is 145. The molecular weight excluding hydrogens is 146 g/mol. The smallest absolute Gasteiger partial charge is 0.317 e. The summed E-state index contributed by atoms with van der Waals surface area (Å²) >= 11 is 0. The normalized spacial score (nSPS) is 13.0. The second-order valence-corrected chi connectivity index (χ2v) is 2.24. The molecule has 0 aromatic heterocycles. The van der Waals surface area contributed by atoms with Crippen LogP contribution in [-0.4, -0.2) is 40.4 Å². The molecule has 0 rings (SSSR count). The van der Waals surface area contributed by atoms with Crippen molar-refractivity contribution >= 4 is 5.97 Å². The number of carboxylic acids is 1. The minimum absolute atomic E-state index is 0.163. The summed E-state index contributed by atoms with van der Waals surface area (Å²) in [6, 6.07) is 0. The van der Waals surface area contributed by atoms with Crippen LogP contribution in [-0.2, 0) is 4.79 Å². The quantitative estimate of drug-likeness (QED) is 0.434. The van der Waals surface area contributed by atoms with Crippen LogP contribution in [0.4, 0.5) is 0 Å². The molecule has 0 aromatic rings. The van der Waals surface area contributed by atoms with Crippen LogP contribution in [0.25, 0.3) is 0 Å². The van der Waals surface area contributed by atoms with Gasteiger partial charge in [0, 0.05) is 6.54 Å². The molecule has 0 saturated carbocycles. The number of aliphatic carboxylic acids is 1. The van der Waals surface area contributed by atoms with Gasteiger partial charge in [-0.15, -0.1) is 6.58 Å². The molecule has 0 aliphatic carbocycles. The zero-order valence-electron chi connectivity index (χ0n) is 6.53. The van der Waals surface area contributed by atoms with Crippen molar-refractivity contribution in [2.24, 2.45) is 0 Å². The van der Waals surface area contributed by atoms with Crippen LogP contribution in [0.3, 0.4) is 0 Å². The number of aliphatic hydroxyl groups excluding tert-OH is 1. The molecule has 64 valence electrons. The van der Waals surface area contributed by atoms with Crippen molar-refractivity contribution in [1.82, 2.24) is 4.90 Å². The highest BCUT2D eigenvalue weighted by atomic mass is 16.4. The summed E-state index contributed by atoms with van der Waals surface area (Å²) < 4.78 is 0. The fourth-order valence-corrected chi connectivity index (χ4v) is 0.689. The van der Waals surface area contributed by atoms with E-state index < -0.39 is 12.2 Å². The van der Waals surface area contributed by atoms with Crippen LogP contribution in [0, 0.1) is 0 Å². The third kappa shape index (κ3) is 4.52. The van der Waals surface area contributed by atoms with Gasteiger partial charge in [0.2, 0.25) is 0 Å². The molecule has 0 fully saturated rings. The van der Waals surface area contributed by atoms with Crippen LogP contribution >= 0.6 is 0 Å². The van der Waals surface area contributed by atoms with Gasteiger partial charge in [0.1, 0.15) is 6.23 Å². The standard InChI is InChI=1S/C7H13NO3/c1-3-4-8(6(2)9)5-7(10)11/h3,6,9H,1,4-5H2,2H3,(H,10,11). The number of hydrogen-bond acceptors (Lipinski definition) is 3. The van der Waals surface area contributed by atoms with Crippen molar-refractivity contribution in [1.29, 1.82) is 0 Å². The lowest BCUT2D eigenvalue weighted by atomic mass is 10.4. The second kappa shape index (κ2) is 4.87. The molecule has 4 heteroatoms. The molecule has 2 N–H and O–H groups in total. The van der Waals surface area contributed by atoms with E-state index in [4.69, 9.17) is 10.2 Å². The summed E-state index contributed by atoms with van der Waals surface area (Å²) in [4.78, 5) is 11.6. The highest BCUT2D eigenvalue weighted by molar-refractivity contribution is 5.69. The average Bonchev–Trinajstić information content (AvgIpc) is 1.86. The molecule has 4 nitrogen and oxygen atoms in total. The van der Waals surface area contributed by atoms with E-state index in [1.807, 2.05) is 0 Å². The lowest BCUT2D eigenvalue weighted by Gasteiger charge is -2.20. The van der Waals surface area contributed by atoms with Gasteiger partial charge in [-0.05, 0) is 6.92 Å². The Morgan fingerprint density at radius 1 is 1.82 bits per heavy atom. The van der Waals surface area contributed by atoms with Crippen LogP contribution < -0.4 is 0 Å². The minimum Gasteiger partial charge on any atom is -0.480 e. The summed E-state index contributed by atoms with van der Waals surface area (Å²) in [5.74, 6) is -0.951. The maximum Gasteiger partial charge on any atom is 0.317 e. The third-order valence-electron chi connectivity index (χ3n) is 1.23. The van der Waals surface area contributed by atoms with E-state index in [1.165, 1.54) is 11.8 Å². The predicted molar refractivity (Wildman–Crippen MR) is 41.1 cm³/mol. The molecule has 0 aromatic carbocycles. The van der Waals surface area contributed by atoms with Gasteiger partial charge in [-0.25, -0.2) is 0 Å². The van der Waals surface area contributed by atoms with Gasteiger partial charge in [-0.1, -0.05) is 6.08 Å². The SMILES string of the molecule is C=CCN(CC(=O)O)C(C)O. The largest absolute Gasteiger partial charge is 0.480 e. The van der Waals surface area contributed by atoms with Gasteiger partial charge < -0.3 is 10.2 Å². The summed E-state index contributed by atoms with van der Waals surface area (Å²) in [5.41, 5.74) is 0. The summed E-state index contributed by atoms with van der Waals surface area (Å²) in [5, 5.41) is 17.4. The first kappa shape index (κ1) is 10.1. The molecule has 0 heterocycles. The molecule has 0 aliphatic rings. The number of hydrogen-bond donors (Lipinski definition) is 2. The molecule has 11 heavy (non-hydrogen) atoms. The van der Waals surface area contributed by atoms with Crippen molar-refractivity contribution in [2.45, 2.75) is 13.2 Å². The van der Waals surface area contributed by atoms with Crippen molar-refractivity contribution in [2.75, 3.05) is 13.1 Å². The maximum absolute atomic E-state index is 10.2. The Kier molecular flexibility index (Phi) is 4.49. The van der Waals surface area contributed by atoms with Gasteiger partial charge >= 0.3 is 5.97 Å². The highest BCUT2D eigenvalue weighted by Crippen LogP contribution is 1.94. The predicted octanol–water partition coefficient (Wildman–Crippen LogP) is -0.103. The molecule has 0 amide bonds. The van der Waals surface area contributed by atoms with Gasteiger partial charge in [-0.3, -0.25) is 9.69 Å². The topological polar surface area (TPSA) is 60.8 Å². The van der Waals surface area contributed by atoms with E-state index in [-0.39, 0.29) is 6.54 Å². The molecular formula is C7H13NO3. The lowest BCUT2D eigenvalue weighted by molar-refractivity contribution is -0.140. The van der Waals surface area contributed by atoms with E-state index in [0.717, 1.165) is 0 Å². The zero-order valence-corrected chi connectivity index (χ0v) is 6.53. The van der Waals surface area contributed by atoms with Crippen LogP contribution in [0.5, 0.6) is 0 Å². The van der Waals surface area contributed by atoms with Crippen molar-refractivity contribution in [3.05, 3.63) is 12.7 Å². The Balaban J connectivity index is 3.88. The first-order valence-corrected chi connectivity index (χ1v) is 3.32. The van der Waals surface area contributed by atoms with Gasteiger partial charge in [0.25, 0.3) is 0 Å². The fourth-order valence-electron chi connectivity index (χ4n) is 0.689. The monoisotopic (exact) mass is 159 g/mol. The highest BCUT2D eigenvalue weighted by Gasteiger charge is 2.11. The van der Waals surface area contributed by atoms with E-state index in [2.05, 4.69) is 6.58 Å². The number of carbonyl (C=O) groups is 1. The van der Waals surface area contributed by atoms with E-state index in [1.54, 1.807) is 6.08 Å². The first-order valence-electron chi connectivity index (χ1n) is 3.32. The van der Waals surface area contributed by atoms with Gasteiger partial charge in [0.15, 0.2) is 0 Å². The Morgan fingerprint density at radius 2 is 2.36 bits per heavy atom. The van der Waals surface area contributed by atoms with Gasteiger partial charge in [0.05, 0.1) is 6.54 Å². The fraction of sp³-hybridized carbons (Fsp3) is 0.571. The van der Waals surface area contributed by atoms with E-state index in [0.29, 0.717) is 6.54 Å². The zero-order chi connectivity index (χ0) is 8.85. The summed E-state index contributed by atoms with van der Waals surface area (Å²) in [6.45, 7) is 5.18. The van der Waals surface area contributed by atoms with Gasteiger partial charge in [-0.2, -0.15) is 0 Å². The number of rotatable bonds is 5. The van der Waals surface area contributed by atoms with Crippen LogP contribution in [0.15, 0.2) is 12.7 Å². The second-order valence-electron chi connectivity index (χ2n) is 2.24. The Hall–Kier alpha value is -0.870. The third-order valence-corrected chi connectivity index (χ3v) is 1.23. The van der Waals surface area contributed by atoms with Crippen molar-refractivity contribution in [3.63, 3.8) is 0 Å². The van der Waals surface area contributed by atoms with Crippen molar-refractivity contribution in [3.8, 4) is 0 Å². The Labute approximate surface area is 65.7 Å². The average molecular weight is 159 g/mol. The molecule has 0 radical (unpaired) electrons. The summed E-state index contributed by atoms with van der Waals surface area (Å²) in [7, 11) is 0. The van der Waals surface area contributed by atoms with Crippen LogP contribution in [0.2, 0.25) is 0 Å². The molecule has 1 atom stereocenters. The number of carboxylic acid groups (broad SMARTS) is 1. The van der Waals surface area contributed by atoms with E-state index >= 15 is 0 Å². The van der Waals surface area contributed by atoms with E-state index in [9.17, 15) is 4.79 Å². The Morgan fingerprint density at radius 3 is 2.64 bits per heavy atom.